The zero-order valence-electron chi connectivity index (χ0n) is 18.3. The molecule has 1 N–H and O–H groups in total. The van der Waals surface area contributed by atoms with Gasteiger partial charge in [0.15, 0.2) is 0 Å². The van der Waals surface area contributed by atoms with Crippen LogP contribution in [0.3, 0.4) is 0 Å². The molecule has 0 unspecified atom stereocenters. The number of amides is 1. The van der Waals surface area contributed by atoms with Gasteiger partial charge in [-0.1, -0.05) is 70.5 Å². The van der Waals surface area contributed by atoms with Crippen molar-refractivity contribution in [2.24, 2.45) is 0 Å². The molecule has 0 saturated heterocycles. The lowest BCUT2D eigenvalue weighted by Gasteiger charge is -2.08. The summed E-state index contributed by atoms with van der Waals surface area (Å²) in [7, 11) is 0. The van der Waals surface area contributed by atoms with Crippen LogP contribution in [-0.4, -0.2) is 15.7 Å². The molecule has 0 aliphatic carbocycles. The molecule has 0 spiro atoms. The number of fused-ring (bicyclic) bond motifs is 1. The molecule has 0 atom stereocenters. The third-order valence-corrected chi connectivity index (χ3v) is 6.04. The Kier molecular flexibility index (Phi) is 6.40. The maximum atomic E-state index is 12.8. The van der Waals surface area contributed by atoms with Crippen molar-refractivity contribution in [3.05, 3.63) is 125 Å². The first-order chi connectivity index (χ1) is 16.6. The van der Waals surface area contributed by atoms with Crippen LogP contribution in [0.1, 0.15) is 21.5 Å². The van der Waals surface area contributed by atoms with Crippen LogP contribution in [0.25, 0.3) is 10.8 Å². The number of rotatable bonds is 7. The summed E-state index contributed by atoms with van der Waals surface area (Å²) in [6.07, 6.45) is 3.52. The van der Waals surface area contributed by atoms with E-state index in [1.807, 2.05) is 65.5 Å². The van der Waals surface area contributed by atoms with Gasteiger partial charge < -0.3 is 10.1 Å². The molecule has 0 fully saturated rings. The Hall–Kier alpha value is -3.90. The number of halogens is 1. The van der Waals surface area contributed by atoms with Crippen LogP contribution in [0.2, 0.25) is 0 Å². The molecule has 0 saturated carbocycles. The predicted molar refractivity (Wildman–Crippen MR) is 138 cm³/mol. The van der Waals surface area contributed by atoms with Gasteiger partial charge in [-0.05, 0) is 58.3 Å². The quantitative estimate of drug-likeness (QED) is 0.265. The molecule has 0 bridgehead atoms. The van der Waals surface area contributed by atoms with Gasteiger partial charge in [-0.25, -0.2) is 0 Å². The van der Waals surface area contributed by atoms with Crippen LogP contribution in [0.15, 0.2) is 108 Å². The Bertz CT molecular complexity index is 1440. The summed E-state index contributed by atoms with van der Waals surface area (Å²) in [6, 6.07) is 29.6. The summed E-state index contributed by atoms with van der Waals surface area (Å²) < 4.78 is 8.66. The van der Waals surface area contributed by atoms with Gasteiger partial charge in [0.25, 0.3) is 5.91 Å². The number of nitrogens with zero attached hydrogens (tertiary/aromatic N) is 2. The molecular formula is C28H22BrN3O2. The number of aromatic nitrogens is 2. The van der Waals surface area contributed by atoms with Crippen LogP contribution < -0.4 is 10.1 Å². The van der Waals surface area contributed by atoms with Gasteiger partial charge in [-0.15, -0.1) is 0 Å². The fourth-order valence-corrected chi connectivity index (χ4v) is 4.09. The average Bonchev–Trinajstić information content (AvgIpc) is 3.31. The highest BCUT2D eigenvalue weighted by atomic mass is 79.9. The van der Waals surface area contributed by atoms with Crippen molar-refractivity contribution < 1.29 is 9.53 Å². The highest BCUT2D eigenvalue weighted by Gasteiger charge is 2.10. The van der Waals surface area contributed by atoms with E-state index in [1.165, 1.54) is 16.3 Å². The van der Waals surface area contributed by atoms with Crippen molar-refractivity contribution in [1.29, 1.82) is 0 Å². The Labute approximate surface area is 206 Å². The maximum Gasteiger partial charge on any atom is 0.255 e. The number of nitrogens with one attached hydrogen (secondary N) is 1. The molecule has 6 heteroatoms. The molecule has 168 valence electrons. The van der Waals surface area contributed by atoms with Gasteiger partial charge in [0.1, 0.15) is 12.4 Å². The molecule has 1 heterocycles. The Morgan fingerprint density at radius 1 is 0.941 bits per heavy atom. The van der Waals surface area contributed by atoms with E-state index in [0.717, 1.165) is 15.8 Å². The maximum absolute atomic E-state index is 12.8. The van der Waals surface area contributed by atoms with E-state index in [9.17, 15) is 4.79 Å². The van der Waals surface area contributed by atoms with Crippen LogP contribution in [-0.2, 0) is 13.2 Å². The minimum atomic E-state index is -0.185. The number of hydrogen-bond donors (Lipinski definition) is 1. The van der Waals surface area contributed by atoms with Crippen LogP contribution in [0.5, 0.6) is 5.75 Å². The van der Waals surface area contributed by atoms with Crippen LogP contribution >= 0.6 is 15.9 Å². The predicted octanol–water partition coefficient (Wildman–Crippen LogP) is 6.68. The Morgan fingerprint density at radius 3 is 2.62 bits per heavy atom. The number of benzene rings is 4. The average molecular weight is 512 g/mol. The zero-order chi connectivity index (χ0) is 23.3. The first kappa shape index (κ1) is 21.9. The molecule has 34 heavy (non-hydrogen) atoms. The Morgan fingerprint density at radius 2 is 1.74 bits per heavy atom. The van der Waals surface area contributed by atoms with E-state index in [2.05, 4.69) is 56.7 Å². The second-order valence-electron chi connectivity index (χ2n) is 7.96. The van der Waals surface area contributed by atoms with Crippen molar-refractivity contribution in [1.82, 2.24) is 9.78 Å². The minimum Gasteiger partial charge on any atom is -0.489 e. The van der Waals surface area contributed by atoms with Gasteiger partial charge in [0, 0.05) is 16.2 Å². The topological polar surface area (TPSA) is 56.2 Å². The number of carbonyl (C=O) groups excluding carboxylic acids is 1. The lowest BCUT2D eigenvalue weighted by molar-refractivity contribution is 0.102. The van der Waals surface area contributed by atoms with Crippen molar-refractivity contribution in [3.8, 4) is 5.75 Å². The van der Waals surface area contributed by atoms with Crippen molar-refractivity contribution in [3.63, 3.8) is 0 Å². The summed E-state index contributed by atoms with van der Waals surface area (Å²) in [5, 5.41) is 9.77. The van der Waals surface area contributed by atoms with E-state index < -0.39 is 0 Å². The van der Waals surface area contributed by atoms with E-state index in [0.29, 0.717) is 24.4 Å². The monoisotopic (exact) mass is 511 g/mol. The van der Waals surface area contributed by atoms with Gasteiger partial charge in [0.05, 0.1) is 18.4 Å². The summed E-state index contributed by atoms with van der Waals surface area (Å²) >= 11 is 3.42. The highest BCUT2D eigenvalue weighted by Crippen LogP contribution is 2.21. The zero-order valence-corrected chi connectivity index (χ0v) is 19.9. The highest BCUT2D eigenvalue weighted by molar-refractivity contribution is 9.10. The third kappa shape index (κ3) is 5.18. The van der Waals surface area contributed by atoms with Crippen molar-refractivity contribution in [2.45, 2.75) is 13.2 Å². The number of carbonyl (C=O) groups is 1. The second-order valence-corrected chi connectivity index (χ2v) is 8.88. The first-order valence-electron chi connectivity index (χ1n) is 10.9. The second kappa shape index (κ2) is 9.93. The molecule has 0 aliphatic rings. The van der Waals surface area contributed by atoms with E-state index >= 15 is 0 Å². The number of hydrogen-bond acceptors (Lipinski definition) is 3. The van der Waals surface area contributed by atoms with E-state index in [4.69, 9.17) is 4.74 Å². The summed E-state index contributed by atoms with van der Waals surface area (Å²) in [5.74, 6) is 0.590. The number of anilines is 1. The molecule has 5 nitrogen and oxygen atoms in total. The summed E-state index contributed by atoms with van der Waals surface area (Å²) in [5.41, 5.74) is 3.32. The largest absolute Gasteiger partial charge is 0.489 e. The van der Waals surface area contributed by atoms with Crippen LogP contribution in [0.4, 0.5) is 5.69 Å². The number of ether oxygens (including phenoxy) is 1. The smallest absolute Gasteiger partial charge is 0.255 e. The molecule has 5 rings (SSSR count). The third-order valence-electron chi connectivity index (χ3n) is 5.51. The molecule has 0 aliphatic heterocycles. The summed E-state index contributed by atoms with van der Waals surface area (Å²) in [6.45, 7) is 1.01. The van der Waals surface area contributed by atoms with Crippen molar-refractivity contribution in [2.75, 3.05) is 5.32 Å². The summed E-state index contributed by atoms with van der Waals surface area (Å²) in [4.78, 5) is 12.8. The van der Waals surface area contributed by atoms with Crippen molar-refractivity contribution >= 4 is 38.3 Å². The minimum absolute atomic E-state index is 0.185. The Balaban J connectivity index is 1.23. The standard InChI is InChI=1S/C28H22BrN3O2/c29-24-11-13-26(14-12-24)34-19-20-5-3-8-22(15-20)28(33)31-25-16-30-32(18-25)17-23-9-4-7-21-6-1-2-10-27(21)23/h1-16,18H,17,19H2,(H,31,33). The van der Waals surface area contributed by atoms with Gasteiger partial charge in [0.2, 0.25) is 0 Å². The van der Waals surface area contributed by atoms with Crippen LogP contribution in [0, 0.1) is 0 Å². The van der Waals surface area contributed by atoms with Gasteiger partial charge in [-0.2, -0.15) is 5.10 Å². The van der Waals surface area contributed by atoms with Gasteiger partial charge in [-0.3, -0.25) is 9.48 Å². The molecule has 5 aromatic rings. The van der Waals surface area contributed by atoms with Gasteiger partial charge >= 0.3 is 0 Å². The lowest BCUT2D eigenvalue weighted by atomic mass is 10.0. The fourth-order valence-electron chi connectivity index (χ4n) is 3.82. The molecule has 1 amide bonds. The van der Waals surface area contributed by atoms with E-state index in [1.54, 1.807) is 12.3 Å². The molecular weight excluding hydrogens is 490 g/mol. The fraction of sp³-hybridized carbons (Fsp3) is 0.0714. The molecule has 0 radical (unpaired) electrons. The normalized spacial score (nSPS) is 10.9. The molecule has 1 aromatic heterocycles. The lowest BCUT2D eigenvalue weighted by Crippen LogP contribution is -2.12. The van der Waals surface area contributed by atoms with E-state index in [-0.39, 0.29) is 5.91 Å². The molecule has 4 aromatic carbocycles. The first-order valence-corrected chi connectivity index (χ1v) is 11.7. The SMILES string of the molecule is O=C(Nc1cnn(Cc2cccc3ccccc23)c1)c1cccc(COc2ccc(Br)cc2)c1.